The van der Waals surface area contributed by atoms with E-state index < -0.39 is 0 Å². The molecule has 7 nitrogen and oxygen atoms in total. The number of likely N-dealkylation sites (N-methyl/N-ethyl adjacent to an activating group) is 1. The largest absolute Gasteiger partial charge is 0.349 e. The zero-order valence-electron chi connectivity index (χ0n) is 14.7. The molecule has 25 heavy (non-hydrogen) atoms. The van der Waals surface area contributed by atoms with Crippen LogP contribution in [-0.4, -0.2) is 59.0 Å². The highest BCUT2D eigenvalue weighted by Crippen LogP contribution is 2.16. The summed E-state index contributed by atoms with van der Waals surface area (Å²) in [7, 11) is 2.05. The van der Waals surface area contributed by atoms with Crippen LogP contribution >= 0.6 is 0 Å². The van der Waals surface area contributed by atoms with Gasteiger partial charge in [-0.2, -0.15) is 0 Å². The lowest BCUT2D eigenvalue weighted by atomic mass is 10.1. The van der Waals surface area contributed by atoms with Gasteiger partial charge in [0, 0.05) is 19.6 Å². The Kier molecular flexibility index (Phi) is 6.14. The number of rotatable bonds is 7. The molecule has 0 spiro atoms. The van der Waals surface area contributed by atoms with Crippen LogP contribution in [0.25, 0.3) is 0 Å². The van der Waals surface area contributed by atoms with Crippen LogP contribution in [-0.2, 0) is 6.54 Å². The highest BCUT2D eigenvalue weighted by molar-refractivity contribution is 5.91. The summed E-state index contributed by atoms with van der Waals surface area (Å²) in [5.74, 6) is -0.159. The number of hydrogen-bond acceptors (Lipinski definition) is 5. The fourth-order valence-electron chi connectivity index (χ4n) is 3.06. The molecule has 0 radical (unpaired) electrons. The van der Waals surface area contributed by atoms with Crippen molar-refractivity contribution in [2.75, 3.05) is 33.2 Å². The monoisotopic (exact) mass is 342 g/mol. The predicted molar refractivity (Wildman–Crippen MR) is 96.3 cm³/mol. The van der Waals surface area contributed by atoms with E-state index >= 15 is 0 Å². The maximum Gasteiger partial charge on any atom is 0.273 e. The average molecular weight is 342 g/mol. The van der Waals surface area contributed by atoms with E-state index in [1.165, 1.54) is 5.56 Å². The molecule has 1 aliphatic heterocycles. The van der Waals surface area contributed by atoms with Crippen LogP contribution in [0, 0.1) is 0 Å². The van der Waals surface area contributed by atoms with E-state index in [0.29, 0.717) is 18.3 Å². The molecule has 1 aliphatic rings. The highest BCUT2D eigenvalue weighted by Gasteiger charge is 2.18. The Morgan fingerprint density at radius 3 is 2.84 bits per heavy atom. The second kappa shape index (κ2) is 8.73. The van der Waals surface area contributed by atoms with Crippen LogP contribution in [0.5, 0.6) is 0 Å². The van der Waals surface area contributed by atoms with Gasteiger partial charge in [0.2, 0.25) is 0 Å². The lowest BCUT2D eigenvalue weighted by molar-refractivity contribution is 0.0944. The van der Waals surface area contributed by atoms with E-state index in [-0.39, 0.29) is 5.91 Å². The van der Waals surface area contributed by atoms with Crippen LogP contribution in [0.4, 0.5) is 0 Å². The number of benzene rings is 1. The van der Waals surface area contributed by atoms with Gasteiger partial charge in [0.05, 0.1) is 12.2 Å². The summed E-state index contributed by atoms with van der Waals surface area (Å²) in [6, 6.07) is 10.6. The number of hydrogen-bond donors (Lipinski definition) is 2. The Balaban J connectivity index is 1.42. The van der Waals surface area contributed by atoms with Crippen LogP contribution in [0.3, 0.4) is 0 Å². The van der Waals surface area contributed by atoms with Crippen molar-refractivity contribution in [1.29, 1.82) is 0 Å². The first-order chi connectivity index (χ1) is 12.2. The van der Waals surface area contributed by atoms with Gasteiger partial charge in [-0.1, -0.05) is 35.5 Å². The second-order valence-electron chi connectivity index (χ2n) is 6.54. The van der Waals surface area contributed by atoms with Crippen LogP contribution in [0.2, 0.25) is 0 Å². The third-order valence-corrected chi connectivity index (χ3v) is 4.50. The minimum atomic E-state index is -0.159. The van der Waals surface area contributed by atoms with Crippen molar-refractivity contribution >= 4 is 5.91 Å². The summed E-state index contributed by atoms with van der Waals surface area (Å²) in [5.41, 5.74) is 1.66. The molecule has 3 rings (SSSR count). The molecular weight excluding hydrogens is 316 g/mol. The van der Waals surface area contributed by atoms with E-state index in [2.05, 4.69) is 38.0 Å². The van der Waals surface area contributed by atoms with Gasteiger partial charge >= 0.3 is 0 Å². The van der Waals surface area contributed by atoms with Gasteiger partial charge in [-0.25, -0.2) is 4.68 Å². The van der Waals surface area contributed by atoms with Gasteiger partial charge in [-0.15, -0.1) is 5.10 Å². The Bertz CT molecular complexity index is 665. The Morgan fingerprint density at radius 2 is 2.08 bits per heavy atom. The summed E-state index contributed by atoms with van der Waals surface area (Å²) >= 11 is 0. The van der Waals surface area contributed by atoms with Crippen molar-refractivity contribution in [3.63, 3.8) is 0 Å². The van der Waals surface area contributed by atoms with Crippen molar-refractivity contribution in [1.82, 2.24) is 30.5 Å². The van der Waals surface area contributed by atoms with Gasteiger partial charge in [0.1, 0.15) is 0 Å². The third-order valence-electron chi connectivity index (χ3n) is 4.50. The topological polar surface area (TPSA) is 75.1 Å². The SMILES string of the molecule is CN(CCNC(=O)c1cn(C2CCNCC2)nn1)Cc1ccccc1. The maximum atomic E-state index is 12.2. The molecule has 2 heterocycles. The van der Waals surface area contributed by atoms with Crippen molar-refractivity contribution in [3.8, 4) is 0 Å². The number of amides is 1. The highest BCUT2D eigenvalue weighted by atomic mass is 16.2. The smallest absolute Gasteiger partial charge is 0.273 e. The van der Waals surface area contributed by atoms with E-state index in [1.54, 1.807) is 6.20 Å². The Morgan fingerprint density at radius 1 is 1.32 bits per heavy atom. The number of aromatic nitrogens is 3. The molecule has 0 saturated carbocycles. The first kappa shape index (κ1) is 17.6. The fourth-order valence-corrected chi connectivity index (χ4v) is 3.06. The van der Waals surface area contributed by atoms with Crippen LogP contribution < -0.4 is 10.6 Å². The van der Waals surface area contributed by atoms with Gasteiger partial charge < -0.3 is 15.5 Å². The Labute approximate surface area is 148 Å². The molecule has 0 atom stereocenters. The standard InChI is InChI=1S/C18H26N6O/c1-23(13-15-5-3-2-4-6-15)12-11-20-18(25)17-14-24(22-21-17)16-7-9-19-10-8-16/h2-6,14,16,19H,7-13H2,1H3,(H,20,25). The molecular formula is C18H26N6O. The molecule has 7 heteroatoms. The number of carbonyl (C=O) groups is 1. The van der Waals surface area contributed by atoms with Gasteiger partial charge in [0.25, 0.3) is 5.91 Å². The van der Waals surface area contributed by atoms with Gasteiger partial charge in [-0.3, -0.25) is 4.79 Å². The van der Waals surface area contributed by atoms with E-state index in [9.17, 15) is 4.79 Å². The molecule has 1 aromatic carbocycles. The molecule has 1 saturated heterocycles. The number of nitrogens with one attached hydrogen (secondary N) is 2. The average Bonchev–Trinajstić information content (AvgIpc) is 3.13. The molecule has 1 fully saturated rings. The zero-order valence-corrected chi connectivity index (χ0v) is 14.7. The first-order valence-electron chi connectivity index (χ1n) is 8.85. The normalized spacial score (nSPS) is 15.4. The lowest BCUT2D eigenvalue weighted by Gasteiger charge is -2.22. The first-order valence-corrected chi connectivity index (χ1v) is 8.85. The molecule has 2 aromatic rings. The summed E-state index contributed by atoms with van der Waals surface area (Å²) < 4.78 is 1.83. The minimum absolute atomic E-state index is 0.159. The number of piperidine rings is 1. The minimum Gasteiger partial charge on any atom is -0.349 e. The predicted octanol–water partition coefficient (Wildman–Crippen LogP) is 1.06. The molecule has 1 aromatic heterocycles. The molecule has 0 unspecified atom stereocenters. The number of nitrogens with zero attached hydrogens (tertiary/aromatic N) is 4. The number of carbonyl (C=O) groups excluding carboxylic acids is 1. The van der Waals surface area contributed by atoms with Gasteiger partial charge in [0.15, 0.2) is 5.69 Å². The maximum absolute atomic E-state index is 12.2. The lowest BCUT2D eigenvalue weighted by Crippen LogP contribution is -2.33. The van der Waals surface area contributed by atoms with Crippen molar-refractivity contribution in [2.45, 2.75) is 25.4 Å². The van der Waals surface area contributed by atoms with Gasteiger partial charge in [-0.05, 0) is 38.5 Å². The fraction of sp³-hybridized carbons (Fsp3) is 0.500. The van der Waals surface area contributed by atoms with E-state index in [0.717, 1.165) is 39.0 Å². The third kappa shape index (κ3) is 5.11. The molecule has 1 amide bonds. The Hall–Kier alpha value is -2.25. The van der Waals surface area contributed by atoms with E-state index in [1.807, 2.05) is 29.9 Å². The second-order valence-corrected chi connectivity index (χ2v) is 6.54. The molecule has 2 N–H and O–H groups in total. The summed E-state index contributed by atoms with van der Waals surface area (Å²) in [6.45, 7) is 4.20. The van der Waals surface area contributed by atoms with E-state index in [4.69, 9.17) is 0 Å². The summed E-state index contributed by atoms with van der Waals surface area (Å²) in [6.07, 6.45) is 3.81. The quantitative estimate of drug-likeness (QED) is 0.787. The van der Waals surface area contributed by atoms with Crippen LogP contribution in [0.1, 0.15) is 34.9 Å². The zero-order chi connectivity index (χ0) is 17.5. The molecule has 0 bridgehead atoms. The summed E-state index contributed by atoms with van der Waals surface area (Å²) in [5, 5.41) is 14.4. The van der Waals surface area contributed by atoms with Crippen molar-refractivity contribution < 1.29 is 4.79 Å². The van der Waals surface area contributed by atoms with Crippen molar-refractivity contribution in [3.05, 3.63) is 47.8 Å². The summed E-state index contributed by atoms with van der Waals surface area (Å²) in [4.78, 5) is 14.4. The van der Waals surface area contributed by atoms with Crippen molar-refractivity contribution in [2.24, 2.45) is 0 Å². The van der Waals surface area contributed by atoms with Crippen LogP contribution in [0.15, 0.2) is 36.5 Å². The molecule has 134 valence electrons. The molecule has 0 aliphatic carbocycles.